The number of methoxy groups -OCH3 is 1. The number of nitrogens with zero attached hydrogens (tertiary/aromatic N) is 2. The van der Waals surface area contributed by atoms with Crippen molar-refractivity contribution in [1.29, 1.82) is 0 Å². The minimum Gasteiger partial charge on any atom is -0.383 e. The minimum absolute atomic E-state index is 0.249. The van der Waals surface area contributed by atoms with Crippen LogP contribution < -0.4 is 10.6 Å². The fourth-order valence-electron chi connectivity index (χ4n) is 1.78. The molecule has 0 amide bonds. The summed E-state index contributed by atoms with van der Waals surface area (Å²) in [7, 11) is 1.63. The van der Waals surface area contributed by atoms with Gasteiger partial charge in [-0.15, -0.1) is 0 Å². The third-order valence-corrected chi connectivity index (χ3v) is 2.96. The SMILES string of the molecule is COCCNC(=S)Nc1cnn(Cc2cccc(F)c2)c1. The molecule has 0 unspecified atom stereocenters. The summed E-state index contributed by atoms with van der Waals surface area (Å²) < 4.78 is 19.8. The number of aromatic nitrogens is 2. The van der Waals surface area contributed by atoms with E-state index in [1.807, 2.05) is 12.3 Å². The molecule has 0 aliphatic carbocycles. The van der Waals surface area contributed by atoms with Crippen LogP contribution in [0, 0.1) is 5.82 Å². The van der Waals surface area contributed by atoms with Gasteiger partial charge in [0, 0.05) is 19.9 Å². The van der Waals surface area contributed by atoms with E-state index in [1.54, 1.807) is 24.1 Å². The van der Waals surface area contributed by atoms with Gasteiger partial charge in [0.2, 0.25) is 0 Å². The topological polar surface area (TPSA) is 51.1 Å². The van der Waals surface area contributed by atoms with Crippen LogP contribution in [0.1, 0.15) is 5.56 Å². The van der Waals surface area contributed by atoms with Crippen LogP contribution in [0.5, 0.6) is 0 Å². The van der Waals surface area contributed by atoms with E-state index < -0.39 is 0 Å². The molecule has 7 heteroatoms. The molecule has 0 spiro atoms. The molecule has 0 saturated carbocycles. The molecule has 1 heterocycles. The number of anilines is 1. The molecule has 0 atom stereocenters. The second kappa shape index (κ2) is 7.70. The molecule has 5 nitrogen and oxygen atoms in total. The average Bonchev–Trinajstić information content (AvgIpc) is 2.86. The lowest BCUT2D eigenvalue weighted by molar-refractivity contribution is 0.204. The van der Waals surface area contributed by atoms with Crippen LogP contribution in [0.25, 0.3) is 0 Å². The van der Waals surface area contributed by atoms with Crippen molar-refractivity contribution in [1.82, 2.24) is 15.1 Å². The molecule has 0 aliphatic rings. The van der Waals surface area contributed by atoms with Gasteiger partial charge < -0.3 is 15.4 Å². The van der Waals surface area contributed by atoms with Gasteiger partial charge in [-0.25, -0.2) is 4.39 Å². The molecule has 1 aromatic carbocycles. The first-order valence-electron chi connectivity index (χ1n) is 6.48. The lowest BCUT2D eigenvalue weighted by Gasteiger charge is -2.07. The fraction of sp³-hybridized carbons (Fsp3) is 0.286. The highest BCUT2D eigenvalue weighted by Gasteiger charge is 2.02. The van der Waals surface area contributed by atoms with E-state index in [0.717, 1.165) is 11.3 Å². The van der Waals surface area contributed by atoms with Crippen molar-refractivity contribution in [2.45, 2.75) is 6.54 Å². The van der Waals surface area contributed by atoms with Crippen LogP contribution in [-0.4, -0.2) is 35.2 Å². The van der Waals surface area contributed by atoms with E-state index in [1.165, 1.54) is 12.1 Å². The smallest absolute Gasteiger partial charge is 0.170 e. The van der Waals surface area contributed by atoms with Gasteiger partial charge in [-0.05, 0) is 29.9 Å². The minimum atomic E-state index is -0.249. The molecular weight excluding hydrogens is 291 g/mol. The third-order valence-electron chi connectivity index (χ3n) is 2.72. The zero-order valence-corrected chi connectivity index (χ0v) is 12.5. The van der Waals surface area contributed by atoms with Crippen molar-refractivity contribution in [3.8, 4) is 0 Å². The van der Waals surface area contributed by atoms with Crippen LogP contribution >= 0.6 is 12.2 Å². The Bertz CT molecular complexity index is 602. The van der Waals surface area contributed by atoms with Crippen molar-refractivity contribution in [2.75, 3.05) is 25.6 Å². The number of ether oxygens (including phenoxy) is 1. The van der Waals surface area contributed by atoms with E-state index in [0.29, 0.717) is 24.8 Å². The molecule has 21 heavy (non-hydrogen) atoms. The van der Waals surface area contributed by atoms with Crippen LogP contribution in [0.3, 0.4) is 0 Å². The number of nitrogens with one attached hydrogen (secondary N) is 2. The molecule has 2 rings (SSSR count). The van der Waals surface area contributed by atoms with E-state index in [9.17, 15) is 4.39 Å². The van der Waals surface area contributed by atoms with Crippen molar-refractivity contribution < 1.29 is 9.13 Å². The normalized spacial score (nSPS) is 10.4. The Labute approximate surface area is 128 Å². The summed E-state index contributed by atoms with van der Waals surface area (Å²) in [5.41, 5.74) is 1.63. The second-order valence-electron chi connectivity index (χ2n) is 4.43. The maximum absolute atomic E-state index is 13.1. The molecule has 0 fully saturated rings. The second-order valence-corrected chi connectivity index (χ2v) is 4.84. The van der Waals surface area contributed by atoms with Gasteiger partial charge in [-0.2, -0.15) is 5.10 Å². The predicted octanol–water partition coefficient (Wildman–Crippen LogP) is 2.00. The summed E-state index contributed by atoms with van der Waals surface area (Å²) in [4.78, 5) is 0. The maximum atomic E-state index is 13.1. The number of hydrogen-bond acceptors (Lipinski definition) is 3. The number of rotatable bonds is 6. The summed E-state index contributed by atoms with van der Waals surface area (Å²) in [6.45, 7) is 1.73. The monoisotopic (exact) mass is 308 g/mol. The Morgan fingerprint density at radius 1 is 1.48 bits per heavy atom. The van der Waals surface area contributed by atoms with Crippen LogP contribution in [-0.2, 0) is 11.3 Å². The molecular formula is C14H17FN4OS. The van der Waals surface area contributed by atoms with Crippen molar-refractivity contribution in [2.24, 2.45) is 0 Å². The van der Waals surface area contributed by atoms with Gasteiger partial charge in [0.25, 0.3) is 0 Å². The standard InChI is InChI=1S/C14H17FN4OS/c1-20-6-5-16-14(21)18-13-8-17-19(10-13)9-11-3-2-4-12(15)7-11/h2-4,7-8,10H,5-6,9H2,1H3,(H2,16,18,21). The van der Waals surface area contributed by atoms with Gasteiger partial charge in [-0.3, -0.25) is 4.68 Å². The molecule has 2 aromatic rings. The molecule has 112 valence electrons. The number of hydrogen-bond donors (Lipinski definition) is 2. The number of halogens is 1. The Balaban J connectivity index is 1.88. The largest absolute Gasteiger partial charge is 0.383 e. The Morgan fingerprint density at radius 2 is 2.33 bits per heavy atom. The molecule has 0 radical (unpaired) electrons. The highest BCUT2D eigenvalue weighted by molar-refractivity contribution is 7.80. The summed E-state index contributed by atoms with van der Waals surface area (Å²) >= 11 is 5.14. The van der Waals surface area contributed by atoms with Crippen LogP contribution in [0.2, 0.25) is 0 Å². The molecule has 0 bridgehead atoms. The quantitative estimate of drug-likeness (QED) is 0.631. The highest BCUT2D eigenvalue weighted by atomic mass is 32.1. The summed E-state index contributed by atoms with van der Waals surface area (Å²) in [6.07, 6.45) is 3.48. The first-order valence-corrected chi connectivity index (χ1v) is 6.89. The first kappa shape index (κ1) is 15.4. The molecule has 1 aromatic heterocycles. The average molecular weight is 308 g/mol. The van der Waals surface area contributed by atoms with Crippen molar-refractivity contribution in [3.05, 3.63) is 48.0 Å². The van der Waals surface area contributed by atoms with E-state index >= 15 is 0 Å². The van der Waals surface area contributed by atoms with E-state index in [2.05, 4.69) is 15.7 Å². The summed E-state index contributed by atoms with van der Waals surface area (Å²) in [6, 6.07) is 6.45. The van der Waals surface area contributed by atoms with Gasteiger partial charge in [0.15, 0.2) is 5.11 Å². The van der Waals surface area contributed by atoms with Crippen molar-refractivity contribution >= 4 is 23.0 Å². The fourth-order valence-corrected chi connectivity index (χ4v) is 2.00. The number of thiocarbonyl (C=S) groups is 1. The van der Waals surface area contributed by atoms with Crippen LogP contribution in [0.4, 0.5) is 10.1 Å². The van der Waals surface area contributed by atoms with Gasteiger partial charge >= 0.3 is 0 Å². The van der Waals surface area contributed by atoms with E-state index in [4.69, 9.17) is 17.0 Å². The predicted molar refractivity (Wildman–Crippen MR) is 83.8 cm³/mol. The lowest BCUT2D eigenvalue weighted by atomic mass is 10.2. The van der Waals surface area contributed by atoms with Gasteiger partial charge in [-0.1, -0.05) is 12.1 Å². The zero-order valence-electron chi connectivity index (χ0n) is 11.7. The Kier molecular flexibility index (Phi) is 5.65. The molecule has 0 saturated heterocycles. The Morgan fingerprint density at radius 3 is 3.10 bits per heavy atom. The third kappa shape index (κ3) is 5.13. The molecule has 2 N–H and O–H groups in total. The van der Waals surface area contributed by atoms with Gasteiger partial charge in [0.1, 0.15) is 5.82 Å². The van der Waals surface area contributed by atoms with E-state index in [-0.39, 0.29) is 5.82 Å². The Hall–Kier alpha value is -1.99. The summed E-state index contributed by atoms with van der Waals surface area (Å²) in [5.74, 6) is -0.249. The number of benzene rings is 1. The first-order chi connectivity index (χ1) is 10.2. The maximum Gasteiger partial charge on any atom is 0.170 e. The van der Waals surface area contributed by atoms with Crippen LogP contribution in [0.15, 0.2) is 36.7 Å². The zero-order chi connectivity index (χ0) is 15.1. The van der Waals surface area contributed by atoms with Crippen molar-refractivity contribution in [3.63, 3.8) is 0 Å². The van der Waals surface area contributed by atoms with Gasteiger partial charge in [0.05, 0.1) is 25.0 Å². The highest BCUT2D eigenvalue weighted by Crippen LogP contribution is 2.09. The summed E-state index contributed by atoms with van der Waals surface area (Å²) in [5, 5.41) is 10.8. The molecule has 0 aliphatic heterocycles. The lowest BCUT2D eigenvalue weighted by Crippen LogP contribution is -2.30.